The van der Waals surface area contributed by atoms with Crippen LogP contribution in [0.2, 0.25) is 0 Å². The number of aliphatic carboxylic acids is 1. The number of carboxylic acids is 1. The lowest BCUT2D eigenvalue weighted by molar-refractivity contribution is -0.142. The fourth-order valence-electron chi connectivity index (χ4n) is 3.44. The van der Waals surface area contributed by atoms with Gasteiger partial charge in [0, 0.05) is 24.8 Å². The second kappa shape index (κ2) is 7.47. The number of carboxylic acid groups (broad SMARTS) is 1. The second-order valence-electron chi connectivity index (χ2n) is 7.73. The van der Waals surface area contributed by atoms with Crippen molar-refractivity contribution in [2.24, 2.45) is 5.41 Å². The number of anilines is 1. The molecule has 1 N–H and O–H groups in total. The van der Waals surface area contributed by atoms with Crippen molar-refractivity contribution in [1.29, 1.82) is 0 Å². The first-order chi connectivity index (χ1) is 14.3. The van der Waals surface area contributed by atoms with Crippen LogP contribution < -0.4 is 4.90 Å². The highest BCUT2D eigenvalue weighted by Crippen LogP contribution is 2.46. The average Bonchev–Trinajstić information content (AvgIpc) is 3.40. The first-order valence-corrected chi connectivity index (χ1v) is 9.54. The SMILES string of the molecule is Cc1cc(-c2ncc(F)c(N(C)CC3(C(=O)O)CC3)n2)nn1Cc1ccccc1F. The molecule has 30 heavy (non-hydrogen) atoms. The van der Waals surface area contributed by atoms with E-state index in [-0.39, 0.29) is 30.5 Å². The molecule has 1 aliphatic rings. The first-order valence-electron chi connectivity index (χ1n) is 9.54. The minimum Gasteiger partial charge on any atom is -0.481 e. The minimum atomic E-state index is -0.883. The summed E-state index contributed by atoms with van der Waals surface area (Å²) in [5, 5.41) is 13.8. The molecule has 9 heteroatoms. The van der Waals surface area contributed by atoms with Gasteiger partial charge in [0.1, 0.15) is 11.5 Å². The van der Waals surface area contributed by atoms with Gasteiger partial charge in [0.2, 0.25) is 0 Å². The van der Waals surface area contributed by atoms with Crippen LogP contribution in [0.4, 0.5) is 14.6 Å². The largest absolute Gasteiger partial charge is 0.481 e. The Hall–Kier alpha value is -3.36. The summed E-state index contributed by atoms with van der Waals surface area (Å²) < 4.78 is 30.0. The quantitative estimate of drug-likeness (QED) is 0.640. The maximum absolute atomic E-state index is 14.4. The fourth-order valence-corrected chi connectivity index (χ4v) is 3.44. The van der Waals surface area contributed by atoms with Crippen LogP contribution >= 0.6 is 0 Å². The number of nitrogens with zero attached hydrogens (tertiary/aromatic N) is 5. The smallest absolute Gasteiger partial charge is 0.311 e. The maximum atomic E-state index is 14.4. The van der Waals surface area contributed by atoms with Gasteiger partial charge in [-0.2, -0.15) is 5.10 Å². The monoisotopic (exact) mass is 413 g/mol. The normalized spacial score (nSPS) is 14.5. The van der Waals surface area contributed by atoms with Crippen LogP contribution in [-0.2, 0) is 11.3 Å². The van der Waals surface area contributed by atoms with E-state index < -0.39 is 17.2 Å². The lowest BCUT2D eigenvalue weighted by Crippen LogP contribution is -2.33. The molecule has 4 rings (SSSR count). The van der Waals surface area contributed by atoms with Gasteiger partial charge in [-0.3, -0.25) is 9.48 Å². The lowest BCUT2D eigenvalue weighted by Gasteiger charge is -2.22. The van der Waals surface area contributed by atoms with E-state index in [4.69, 9.17) is 0 Å². The highest BCUT2D eigenvalue weighted by atomic mass is 19.1. The van der Waals surface area contributed by atoms with Crippen molar-refractivity contribution in [2.45, 2.75) is 26.3 Å². The molecule has 1 aromatic carbocycles. The van der Waals surface area contributed by atoms with E-state index in [1.807, 2.05) is 6.92 Å². The summed E-state index contributed by atoms with van der Waals surface area (Å²) in [5.41, 5.74) is 0.861. The highest BCUT2D eigenvalue weighted by Gasteiger charge is 2.51. The van der Waals surface area contributed by atoms with Crippen LogP contribution in [0.25, 0.3) is 11.5 Å². The Balaban J connectivity index is 1.60. The first kappa shape index (κ1) is 19.9. The molecule has 0 bridgehead atoms. The third-order valence-corrected chi connectivity index (χ3v) is 5.42. The van der Waals surface area contributed by atoms with Gasteiger partial charge in [-0.15, -0.1) is 0 Å². The summed E-state index contributed by atoms with van der Waals surface area (Å²) in [7, 11) is 1.61. The molecular weight excluding hydrogens is 392 g/mol. The molecule has 1 aliphatic carbocycles. The number of benzene rings is 1. The number of aromatic nitrogens is 4. The molecule has 1 saturated carbocycles. The van der Waals surface area contributed by atoms with E-state index in [2.05, 4.69) is 15.1 Å². The lowest BCUT2D eigenvalue weighted by atomic mass is 10.1. The second-order valence-corrected chi connectivity index (χ2v) is 7.73. The third kappa shape index (κ3) is 3.74. The highest BCUT2D eigenvalue weighted by molar-refractivity contribution is 5.78. The zero-order valence-corrected chi connectivity index (χ0v) is 16.6. The Bertz CT molecular complexity index is 1110. The average molecular weight is 413 g/mol. The molecule has 0 aliphatic heterocycles. The van der Waals surface area contributed by atoms with Crippen LogP contribution in [0.15, 0.2) is 36.5 Å². The topological polar surface area (TPSA) is 84.1 Å². The number of aryl methyl sites for hydroxylation is 1. The van der Waals surface area contributed by atoms with Crippen LogP contribution in [0.3, 0.4) is 0 Å². The van der Waals surface area contributed by atoms with Crippen LogP contribution in [0.5, 0.6) is 0 Å². The van der Waals surface area contributed by atoms with E-state index in [9.17, 15) is 18.7 Å². The van der Waals surface area contributed by atoms with Crippen LogP contribution in [-0.4, -0.2) is 44.4 Å². The Morgan fingerprint density at radius 2 is 2.00 bits per heavy atom. The number of halogens is 2. The molecule has 0 atom stereocenters. The van der Waals surface area contributed by atoms with E-state index in [1.165, 1.54) is 11.0 Å². The van der Waals surface area contributed by atoms with E-state index in [0.717, 1.165) is 11.9 Å². The molecular formula is C21H21F2N5O2. The summed E-state index contributed by atoms with van der Waals surface area (Å²) in [6, 6.07) is 8.21. The number of rotatable bonds is 7. The van der Waals surface area contributed by atoms with Gasteiger partial charge in [0.05, 0.1) is 18.2 Å². The van der Waals surface area contributed by atoms with E-state index in [1.54, 1.807) is 36.0 Å². The van der Waals surface area contributed by atoms with Crippen molar-refractivity contribution in [2.75, 3.05) is 18.5 Å². The summed E-state index contributed by atoms with van der Waals surface area (Å²) >= 11 is 0. The zero-order valence-electron chi connectivity index (χ0n) is 16.6. The van der Waals surface area contributed by atoms with Crippen molar-refractivity contribution < 1.29 is 18.7 Å². The van der Waals surface area contributed by atoms with Crippen molar-refractivity contribution in [3.63, 3.8) is 0 Å². The Labute approximate surface area is 172 Å². The molecule has 3 aromatic rings. The maximum Gasteiger partial charge on any atom is 0.311 e. The fraction of sp³-hybridized carbons (Fsp3) is 0.333. The molecule has 0 saturated heterocycles. The summed E-state index contributed by atoms with van der Waals surface area (Å²) in [5.74, 6) is -1.59. The Kier molecular flexibility index (Phi) is 4.97. The molecule has 2 aromatic heterocycles. The van der Waals surface area contributed by atoms with Gasteiger partial charge in [0.25, 0.3) is 0 Å². The van der Waals surface area contributed by atoms with Gasteiger partial charge in [-0.1, -0.05) is 18.2 Å². The molecule has 0 unspecified atom stereocenters. The molecule has 7 nitrogen and oxygen atoms in total. The molecule has 0 amide bonds. The molecule has 1 fully saturated rings. The minimum absolute atomic E-state index is 0.0221. The Morgan fingerprint density at radius 1 is 1.27 bits per heavy atom. The van der Waals surface area contributed by atoms with Crippen molar-refractivity contribution in [1.82, 2.24) is 19.7 Å². The van der Waals surface area contributed by atoms with Gasteiger partial charge in [-0.05, 0) is 31.9 Å². The van der Waals surface area contributed by atoms with Crippen molar-refractivity contribution in [3.05, 3.63) is 59.4 Å². The van der Waals surface area contributed by atoms with E-state index in [0.29, 0.717) is 24.1 Å². The zero-order chi connectivity index (χ0) is 21.5. The molecule has 2 heterocycles. The predicted molar refractivity (Wildman–Crippen MR) is 106 cm³/mol. The summed E-state index contributed by atoms with van der Waals surface area (Å²) in [4.78, 5) is 21.3. The summed E-state index contributed by atoms with van der Waals surface area (Å²) in [6.45, 7) is 2.24. The van der Waals surface area contributed by atoms with Gasteiger partial charge in [-0.25, -0.2) is 18.7 Å². The Morgan fingerprint density at radius 3 is 2.67 bits per heavy atom. The van der Waals surface area contributed by atoms with E-state index >= 15 is 0 Å². The number of carbonyl (C=O) groups is 1. The number of hydrogen-bond acceptors (Lipinski definition) is 5. The van der Waals surface area contributed by atoms with Crippen molar-refractivity contribution >= 4 is 11.8 Å². The molecule has 156 valence electrons. The standard InChI is InChI=1S/C21H21F2N5O2/c1-13-9-17(26-28(13)11-14-5-3-4-6-15(14)22)18-24-10-16(23)19(25-18)27(2)12-21(7-8-21)20(29)30/h3-6,9-10H,7-8,11-12H2,1-2H3,(H,29,30). The predicted octanol–water partition coefficient (Wildman–Crippen LogP) is 3.28. The molecule has 0 radical (unpaired) electrons. The van der Waals surface area contributed by atoms with Crippen molar-refractivity contribution in [3.8, 4) is 11.5 Å². The van der Waals surface area contributed by atoms with Gasteiger partial charge < -0.3 is 10.0 Å². The van der Waals surface area contributed by atoms with Crippen LogP contribution in [0.1, 0.15) is 24.1 Å². The number of hydrogen-bond donors (Lipinski definition) is 1. The van der Waals surface area contributed by atoms with Gasteiger partial charge in [0.15, 0.2) is 17.5 Å². The van der Waals surface area contributed by atoms with Gasteiger partial charge >= 0.3 is 5.97 Å². The third-order valence-electron chi connectivity index (χ3n) is 5.42. The van der Waals surface area contributed by atoms with Crippen LogP contribution in [0, 0.1) is 24.0 Å². The molecule has 0 spiro atoms. The summed E-state index contributed by atoms with van der Waals surface area (Å²) in [6.07, 6.45) is 2.18.